The van der Waals surface area contributed by atoms with Crippen molar-refractivity contribution in [3.8, 4) is 0 Å². The van der Waals surface area contributed by atoms with Crippen molar-refractivity contribution < 1.29 is 4.74 Å². The maximum absolute atomic E-state index is 5.99. The molecule has 2 nitrogen and oxygen atoms in total. The summed E-state index contributed by atoms with van der Waals surface area (Å²) in [6.45, 7) is 3.29. The Labute approximate surface area is 136 Å². The zero-order chi connectivity index (χ0) is 14.4. The molecular formula is C17H26INO. The van der Waals surface area contributed by atoms with Crippen LogP contribution in [0.1, 0.15) is 44.6 Å². The van der Waals surface area contributed by atoms with Crippen molar-refractivity contribution in [2.45, 2.75) is 57.1 Å². The molecule has 1 N–H and O–H groups in total. The van der Waals surface area contributed by atoms with Gasteiger partial charge >= 0.3 is 0 Å². The Bertz CT molecular complexity index is 398. The summed E-state index contributed by atoms with van der Waals surface area (Å²) in [5, 5.41) is 3.74. The van der Waals surface area contributed by atoms with Gasteiger partial charge in [0.05, 0.1) is 5.60 Å². The van der Waals surface area contributed by atoms with Crippen molar-refractivity contribution >= 4 is 22.6 Å². The zero-order valence-corrected chi connectivity index (χ0v) is 14.8. The first-order valence-corrected chi connectivity index (χ1v) is 8.81. The van der Waals surface area contributed by atoms with Crippen LogP contribution >= 0.6 is 22.6 Å². The Morgan fingerprint density at radius 1 is 1.25 bits per heavy atom. The predicted octanol–water partition coefficient (Wildman–Crippen LogP) is 4.16. The molecule has 0 heterocycles. The second-order valence-electron chi connectivity index (χ2n) is 5.81. The summed E-state index contributed by atoms with van der Waals surface area (Å²) in [7, 11) is 1.89. The average Bonchev–Trinajstić information content (AvgIpc) is 2.95. The second kappa shape index (κ2) is 7.76. The molecule has 1 saturated carbocycles. The highest BCUT2D eigenvalue weighted by molar-refractivity contribution is 14.1. The fourth-order valence-corrected chi connectivity index (χ4v) is 3.65. The largest absolute Gasteiger partial charge is 0.377 e. The summed E-state index contributed by atoms with van der Waals surface area (Å²) in [4.78, 5) is 0. The Hall–Kier alpha value is -0.130. The molecule has 1 atom stereocenters. The lowest BCUT2D eigenvalue weighted by atomic mass is 9.87. The van der Waals surface area contributed by atoms with E-state index in [1.807, 2.05) is 7.11 Å². The van der Waals surface area contributed by atoms with Crippen molar-refractivity contribution in [1.29, 1.82) is 0 Å². The fourth-order valence-electron chi connectivity index (χ4n) is 3.29. The van der Waals surface area contributed by atoms with Crippen LogP contribution in [0.2, 0.25) is 0 Å². The number of rotatable bonds is 7. The van der Waals surface area contributed by atoms with Crippen LogP contribution in [0, 0.1) is 3.57 Å². The fraction of sp³-hybridized carbons (Fsp3) is 0.647. The molecule has 20 heavy (non-hydrogen) atoms. The highest BCUT2D eigenvalue weighted by Gasteiger charge is 2.41. The van der Waals surface area contributed by atoms with Gasteiger partial charge in [0, 0.05) is 16.7 Å². The van der Waals surface area contributed by atoms with Gasteiger partial charge in [-0.25, -0.2) is 0 Å². The van der Waals surface area contributed by atoms with Crippen LogP contribution in [-0.4, -0.2) is 25.3 Å². The topological polar surface area (TPSA) is 21.3 Å². The third-order valence-electron chi connectivity index (χ3n) is 4.49. The van der Waals surface area contributed by atoms with Gasteiger partial charge in [-0.05, 0) is 72.5 Å². The van der Waals surface area contributed by atoms with Gasteiger partial charge in [0.1, 0.15) is 0 Å². The van der Waals surface area contributed by atoms with Crippen LogP contribution in [0.4, 0.5) is 0 Å². The lowest BCUT2D eigenvalue weighted by Crippen LogP contribution is -2.52. The molecule has 1 aliphatic rings. The summed E-state index contributed by atoms with van der Waals surface area (Å²) in [5.74, 6) is 0. The summed E-state index contributed by atoms with van der Waals surface area (Å²) < 4.78 is 7.29. The maximum Gasteiger partial charge on any atom is 0.0834 e. The molecule has 1 aliphatic carbocycles. The van der Waals surface area contributed by atoms with E-state index in [-0.39, 0.29) is 5.60 Å². The Morgan fingerprint density at radius 3 is 2.45 bits per heavy atom. The van der Waals surface area contributed by atoms with Crippen molar-refractivity contribution in [3.05, 3.63) is 33.4 Å². The quantitative estimate of drug-likeness (QED) is 0.710. The molecule has 3 heteroatoms. The summed E-state index contributed by atoms with van der Waals surface area (Å²) in [6.07, 6.45) is 7.20. The van der Waals surface area contributed by atoms with Crippen LogP contribution < -0.4 is 5.32 Å². The van der Waals surface area contributed by atoms with E-state index < -0.39 is 0 Å². The Kier molecular flexibility index (Phi) is 6.30. The molecule has 0 radical (unpaired) electrons. The number of hydrogen-bond donors (Lipinski definition) is 1. The van der Waals surface area contributed by atoms with Gasteiger partial charge in [-0.1, -0.05) is 31.9 Å². The van der Waals surface area contributed by atoms with Gasteiger partial charge in [0.25, 0.3) is 0 Å². The smallest absolute Gasteiger partial charge is 0.0834 e. The summed E-state index contributed by atoms with van der Waals surface area (Å²) >= 11 is 2.36. The van der Waals surface area contributed by atoms with E-state index in [9.17, 15) is 0 Å². The van der Waals surface area contributed by atoms with Crippen molar-refractivity contribution in [3.63, 3.8) is 0 Å². The van der Waals surface area contributed by atoms with E-state index in [2.05, 4.69) is 59.1 Å². The number of methoxy groups -OCH3 is 1. The molecule has 0 spiro atoms. The molecule has 1 aromatic rings. The van der Waals surface area contributed by atoms with Crippen LogP contribution in [0.15, 0.2) is 24.3 Å². The third kappa shape index (κ3) is 3.95. The minimum atomic E-state index is 0.0398. The number of benzene rings is 1. The van der Waals surface area contributed by atoms with E-state index in [1.54, 1.807) is 0 Å². The first-order valence-electron chi connectivity index (χ1n) is 7.73. The zero-order valence-electron chi connectivity index (χ0n) is 12.6. The monoisotopic (exact) mass is 387 g/mol. The molecule has 0 aliphatic heterocycles. The van der Waals surface area contributed by atoms with Gasteiger partial charge in [0.2, 0.25) is 0 Å². The standard InChI is InChI=1S/C17H26INO/c1-3-12-19-16(17(20-2)10-4-5-11-17)13-14-6-8-15(18)9-7-14/h6-9,16,19H,3-5,10-13H2,1-2H3. The molecule has 0 amide bonds. The third-order valence-corrected chi connectivity index (χ3v) is 5.20. The lowest BCUT2D eigenvalue weighted by molar-refractivity contribution is -0.0354. The van der Waals surface area contributed by atoms with Crippen LogP contribution in [-0.2, 0) is 11.2 Å². The molecule has 112 valence electrons. The van der Waals surface area contributed by atoms with Crippen LogP contribution in [0.3, 0.4) is 0 Å². The normalized spacial score (nSPS) is 19.1. The molecule has 2 rings (SSSR count). The molecule has 0 aromatic heterocycles. The van der Waals surface area contributed by atoms with Gasteiger partial charge in [-0.2, -0.15) is 0 Å². The summed E-state index contributed by atoms with van der Waals surface area (Å²) in [6, 6.07) is 9.32. The van der Waals surface area contributed by atoms with Gasteiger partial charge in [-0.15, -0.1) is 0 Å². The number of nitrogens with one attached hydrogen (secondary N) is 1. The number of ether oxygens (including phenoxy) is 1. The predicted molar refractivity (Wildman–Crippen MR) is 93.2 cm³/mol. The average molecular weight is 387 g/mol. The molecule has 1 unspecified atom stereocenters. The van der Waals surface area contributed by atoms with E-state index in [0.717, 1.165) is 13.0 Å². The Balaban J connectivity index is 2.12. The minimum Gasteiger partial charge on any atom is -0.377 e. The molecule has 0 saturated heterocycles. The Morgan fingerprint density at radius 2 is 1.90 bits per heavy atom. The van der Waals surface area contributed by atoms with Crippen molar-refractivity contribution in [2.24, 2.45) is 0 Å². The molecular weight excluding hydrogens is 361 g/mol. The number of hydrogen-bond acceptors (Lipinski definition) is 2. The molecule has 1 aromatic carbocycles. The first kappa shape index (κ1) is 16.2. The van der Waals surface area contributed by atoms with E-state index in [4.69, 9.17) is 4.74 Å². The van der Waals surface area contributed by atoms with Crippen LogP contribution in [0.5, 0.6) is 0 Å². The van der Waals surface area contributed by atoms with Gasteiger partial charge in [0.15, 0.2) is 0 Å². The first-order chi connectivity index (χ1) is 9.70. The van der Waals surface area contributed by atoms with Gasteiger partial charge < -0.3 is 10.1 Å². The van der Waals surface area contributed by atoms with E-state index >= 15 is 0 Å². The number of halogens is 1. The van der Waals surface area contributed by atoms with Crippen molar-refractivity contribution in [2.75, 3.05) is 13.7 Å². The second-order valence-corrected chi connectivity index (χ2v) is 7.06. The minimum absolute atomic E-state index is 0.0398. The summed E-state index contributed by atoms with van der Waals surface area (Å²) in [5.41, 5.74) is 1.44. The van der Waals surface area contributed by atoms with Gasteiger partial charge in [-0.3, -0.25) is 0 Å². The SMILES string of the molecule is CCCNC(Cc1ccc(I)cc1)C1(OC)CCCC1. The lowest BCUT2D eigenvalue weighted by Gasteiger charge is -2.37. The van der Waals surface area contributed by atoms with E-state index in [0.29, 0.717) is 6.04 Å². The van der Waals surface area contributed by atoms with Crippen LogP contribution in [0.25, 0.3) is 0 Å². The van der Waals surface area contributed by atoms with E-state index in [1.165, 1.54) is 41.2 Å². The molecule has 1 fully saturated rings. The van der Waals surface area contributed by atoms with Crippen molar-refractivity contribution in [1.82, 2.24) is 5.32 Å². The highest BCUT2D eigenvalue weighted by Crippen LogP contribution is 2.36. The highest BCUT2D eigenvalue weighted by atomic mass is 127. The molecule has 0 bridgehead atoms. The maximum atomic E-state index is 5.99.